The maximum absolute atomic E-state index is 14.7. The Morgan fingerprint density at radius 1 is 0.970 bits per heavy atom. The molecule has 2 amide bonds. The molecule has 8 heteroatoms. The lowest BCUT2D eigenvalue weighted by Crippen LogP contribution is -2.32. The zero-order chi connectivity index (χ0) is 23.2. The van der Waals surface area contributed by atoms with Crippen molar-refractivity contribution >= 4 is 40.8 Å². The highest BCUT2D eigenvalue weighted by molar-refractivity contribution is 6.30. The summed E-state index contributed by atoms with van der Waals surface area (Å²) in [6.45, 7) is 1.98. The van der Waals surface area contributed by atoms with Gasteiger partial charge in [-0.25, -0.2) is 19.1 Å². The van der Waals surface area contributed by atoms with E-state index in [4.69, 9.17) is 11.6 Å². The van der Waals surface area contributed by atoms with Crippen LogP contribution in [-0.4, -0.2) is 16.0 Å². The third-order valence-electron chi connectivity index (χ3n) is 4.91. The van der Waals surface area contributed by atoms with Gasteiger partial charge in [0.15, 0.2) is 0 Å². The van der Waals surface area contributed by atoms with Crippen molar-refractivity contribution in [3.63, 3.8) is 0 Å². The number of anilines is 4. The van der Waals surface area contributed by atoms with Gasteiger partial charge in [0.05, 0.1) is 11.7 Å². The standard InChI is InChI=1S/C25H21ClFN5O/c1-17(18-7-3-2-4-8-18)29-24-28-16-15-23(31-24)32(22-10-6-5-9-21(22)27)25(33)30-20-13-11-19(26)12-14-20/h2-17H,1H3,(H,30,33)(H,28,29,31)/t17-/m0/s1. The molecule has 0 bridgehead atoms. The molecule has 0 fully saturated rings. The van der Waals surface area contributed by atoms with Gasteiger partial charge in [0.1, 0.15) is 11.6 Å². The third kappa shape index (κ3) is 5.45. The fourth-order valence-corrected chi connectivity index (χ4v) is 3.37. The monoisotopic (exact) mass is 461 g/mol. The fourth-order valence-electron chi connectivity index (χ4n) is 3.24. The number of carbonyl (C=O) groups is 1. The second-order valence-corrected chi connectivity index (χ2v) is 7.68. The number of hydrogen-bond acceptors (Lipinski definition) is 4. The molecular formula is C25H21ClFN5O. The number of rotatable bonds is 6. The van der Waals surface area contributed by atoms with Gasteiger partial charge < -0.3 is 10.6 Å². The molecule has 0 spiro atoms. The molecule has 0 unspecified atom stereocenters. The van der Waals surface area contributed by atoms with Crippen molar-refractivity contribution in [2.45, 2.75) is 13.0 Å². The van der Waals surface area contributed by atoms with E-state index in [2.05, 4.69) is 20.6 Å². The number of aromatic nitrogens is 2. The first-order chi connectivity index (χ1) is 16.0. The van der Waals surface area contributed by atoms with Crippen LogP contribution in [0.4, 0.5) is 32.3 Å². The molecule has 0 aliphatic heterocycles. The molecule has 2 N–H and O–H groups in total. The Kier molecular flexibility index (Phi) is 6.80. The molecule has 1 aromatic heterocycles. The molecule has 0 saturated heterocycles. The normalized spacial score (nSPS) is 11.5. The van der Waals surface area contributed by atoms with Crippen molar-refractivity contribution in [3.8, 4) is 0 Å². The smallest absolute Gasteiger partial charge is 0.332 e. The predicted molar refractivity (Wildman–Crippen MR) is 130 cm³/mol. The van der Waals surface area contributed by atoms with Crippen molar-refractivity contribution in [2.24, 2.45) is 0 Å². The summed E-state index contributed by atoms with van der Waals surface area (Å²) in [5.74, 6) is -0.0386. The zero-order valence-corrected chi connectivity index (χ0v) is 18.5. The summed E-state index contributed by atoms with van der Waals surface area (Å²) in [6.07, 6.45) is 1.52. The average Bonchev–Trinajstić information content (AvgIpc) is 2.83. The molecule has 0 aliphatic carbocycles. The Hall–Kier alpha value is -3.97. The number of halogens is 2. The zero-order valence-electron chi connectivity index (χ0n) is 17.7. The third-order valence-corrected chi connectivity index (χ3v) is 5.16. The van der Waals surface area contributed by atoms with Gasteiger partial charge in [-0.05, 0) is 48.9 Å². The minimum absolute atomic E-state index is 0.0599. The lowest BCUT2D eigenvalue weighted by molar-refractivity contribution is 0.258. The van der Waals surface area contributed by atoms with Gasteiger partial charge in [-0.1, -0.05) is 54.1 Å². The van der Waals surface area contributed by atoms with Crippen LogP contribution in [0.15, 0.2) is 91.1 Å². The molecule has 0 aliphatic rings. The molecule has 1 heterocycles. The number of benzene rings is 3. The second-order valence-electron chi connectivity index (χ2n) is 7.24. The van der Waals surface area contributed by atoms with E-state index >= 15 is 0 Å². The van der Waals surface area contributed by atoms with Gasteiger partial charge in [0, 0.05) is 23.0 Å². The molecule has 3 aromatic carbocycles. The molecule has 4 rings (SSSR count). The van der Waals surface area contributed by atoms with Crippen LogP contribution in [0.25, 0.3) is 0 Å². The first-order valence-electron chi connectivity index (χ1n) is 10.3. The van der Waals surface area contributed by atoms with E-state index in [0.29, 0.717) is 16.7 Å². The molecular weight excluding hydrogens is 441 g/mol. The number of urea groups is 1. The van der Waals surface area contributed by atoms with Crippen LogP contribution in [0.5, 0.6) is 0 Å². The molecule has 166 valence electrons. The Balaban J connectivity index is 1.65. The Bertz CT molecular complexity index is 1240. The summed E-state index contributed by atoms with van der Waals surface area (Å²) < 4.78 is 14.7. The maximum atomic E-state index is 14.7. The predicted octanol–water partition coefficient (Wildman–Crippen LogP) is 6.81. The number of nitrogens with one attached hydrogen (secondary N) is 2. The number of amides is 2. The van der Waals surface area contributed by atoms with E-state index in [1.54, 1.807) is 42.5 Å². The lowest BCUT2D eigenvalue weighted by Gasteiger charge is -2.23. The summed E-state index contributed by atoms with van der Waals surface area (Å²) in [6, 6.07) is 23.4. The van der Waals surface area contributed by atoms with Gasteiger partial charge >= 0.3 is 6.03 Å². The van der Waals surface area contributed by atoms with Crippen LogP contribution in [0, 0.1) is 5.82 Å². The maximum Gasteiger partial charge on any atom is 0.332 e. The van der Waals surface area contributed by atoms with Gasteiger partial charge in [-0.3, -0.25) is 0 Å². The summed E-state index contributed by atoms with van der Waals surface area (Å²) in [5, 5.41) is 6.53. The largest absolute Gasteiger partial charge is 0.348 e. The van der Waals surface area contributed by atoms with Gasteiger partial charge in [-0.2, -0.15) is 4.98 Å². The summed E-state index contributed by atoms with van der Waals surface area (Å²) in [5.41, 5.74) is 1.62. The second kappa shape index (κ2) is 10.1. The molecule has 1 atom stereocenters. The summed E-state index contributed by atoms with van der Waals surface area (Å²) >= 11 is 5.93. The number of hydrogen-bond donors (Lipinski definition) is 2. The highest BCUT2D eigenvalue weighted by Gasteiger charge is 2.23. The minimum atomic E-state index is -0.580. The highest BCUT2D eigenvalue weighted by atomic mass is 35.5. The van der Waals surface area contributed by atoms with E-state index < -0.39 is 11.8 Å². The summed E-state index contributed by atoms with van der Waals surface area (Å²) in [4.78, 5) is 23.2. The number of para-hydroxylation sites is 1. The number of nitrogens with zero attached hydrogens (tertiary/aromatic N) is 3. The van der Waals surface area contributed by atoms with E-state index in [0.717, 1.165) is 5.56 Å². The van der Waals surface area contributed by atoms with Gasteiger partial charge in [-0.15, -0.1) is 0 Å². The van der Waals surface area contributed by atoms with E-state index in [9.17, 15) is 9.18 Å². The van der Waals surface area contributed by atoms with E-state index in [-0.39, 0.29) is 17.5 Å². The van der Waals surface area contributed by atoms with Crippen molar-refractivity contribution in [1.29, 1.82) is 0 Å². The van der Waals surface area contributed by atoms with E-state index in [1.165, 1.54) is 23.2 Å². The molecule has 0 radical (unpaired) electrons. The average molecular weight is 462 g/mol. The minimum Gasteiger partial charge on any atom is -0.348 e. The quantitative estimate of drug-likeness (QED) is 0.331. The first-order valence-corrected chi connectivity index (χ1v) is 10.6. The number of carbonyl (C=O) groups excluding carboxylic acids is 1. The topological polar surface area (TPSA) is 70.2 Å². The first kappa shape index (κ1) is 22.2. The highest BCUT2D eigenvalue weighted by Crippen LogP contribution is 2.28. The van der Waals surface area contributed by atoms with Gasteiger partial charge in [0.25, 0.3) is 0 Å². The molecule has 0 saturated carbocycles. The molecule has 4 aromatic rings. The fraction of sp³-hybridized carbons (Fsp3) is 0.0800. The van der Waals surface area contributed by atoms with Crippen LogP contribution in [0.3, 0.4) is 0 Å². The van der Waals surface area contributed by atoms with Crippen molar-refractivity contribution in [3.05, 3.63) is 108 Å². The van der Waals surface area contributed by atoms with Crippen LogP contribution in [-0.2, 0) is 0 Å². The van der Waals surface area contributed by atoms with Crippen molar-refractivity contribution in [1.82, 2.24) is 9.97 Å². The van der Waals surface area contributed by atoms with Crippen molar-refractivity contribution < 1.29 is 9.18 Å². The summed E-state index contributed by atoms with van der Waals surface area (Å²) in [7, 11) is 0. The van der Waals surface area contributed by atoms with Crippen LogP contribution < -0.4 is 15.5 Å². The van der Waals surface area contributed by atoms with Crippen LogP contribution in [0.2, 0.25) is 5.02 Å². The Morgan fingerprint density at radius 2 is 1.67 bits per heavy atom. The van der Waals surface area contributed by atoms with Gasteiger partial charge in [0.2, 0.25) is 5.95 Å². The Morgan fingerprint density at radius 3 is 2.39 bits per heavy atom. The molecule has 6 nitrogen and oxygen atoms in total. The van der Waals surface area contributed by atoms with Crippen molar-refractivity contribution in [2.75, 3.05) is 15.5 Å². The van der Waals surface area contributed by atoms with Crippen LogP contribution >= 0.6 is 11.6 Å². The molecule has 33 heavy (non-hydrogen) atoms. The SMILES string of the molecule is C[C@H](Nc1nccc(N(C(=O)Nc2ccc(Cl)cc2)c2ccccc2F)n1)c1ccccc1. The Labute approximate surface area is 196 Å². The van der Waals surface area contributed by atoms with Crippen LogP contribution in [0.1, 0.15) is 18.5 Å². The van der Waals surface area contributed by atoms with E-state index in [1.807, 2.05) is 37.3 Å². The lowest BCUT2D eigenvalue weighted by atomic mass is 10.1.